The summed E-state index contributed by atoms with van der Waals surface area (Å²) in [4.78, 5) is 0. The summed E-state index contributed by atoms with van der Waals surface area (Å²) in [6, 6.07) is 30.2. The lowest BCUT2D eigenvalue weighted by Gasteiger charge is -2.10. The van der Waals surface area contributed by atoms with Gasteiger partial charge in [0.05, 0.1) is 6.26 Å². The molecule has 0 aliphatic carbocycles. The second-order valence-electron chi connectivity index (χ2n) is 6.14. The van der Waals surface area contributed by atoms with Crippen molar-refractivity contribution in [3.05, 3.63) is 109 Å². The Morgan fingerprint density at radius 2 is 1.08 bits per heavy atom. The lowest BCUT2D eigenvalue weighted by molar-refractivity contribution is 0.286. The first-order chi connectivity index (χ1) is 12.9. The van der Waals surface area contributed by atoms with Crippen LogP contribution in [0, 0.1) is 0 Å². The largest absolute Gasteiger partial charge is 0.497 e. The van der Waals surface area contributed by atoms with Crippen molar-refractivity contribution in [2.45, 2.75) is 0 Å². The highest BCUT2D eigenvalue weighted by Gasteiger charge is 2.06. The topological polar surface area (TPSA) is 9.23 Å². The Morgan fingerprint density at radius 1 is 0.538 bits per heavy atom. The normalized spacial score (nSPS) is 12.5. The average Bonchev–Trinajstić information content (AvgIpc) is 2.75. The number of fused-ring (bicyclic) bond motifs is 2. The van der Waals surface area contributed by atoms with Crippen molar-refractivity contribution in [2.24, 2.45) is 0 Å². The minimum atomic E-state index is 0.733. The zero-order valence-corrected chi connectivity index (χ0v) is 14.5. The average molecular weight is 336 g/mol. The number of hydrogen-bond acceptors (Lipinski definition) is 1. The van der Waals surface area contributed by atoms with Crippen LogP contribution in [0.4, 0.5) is 0 Å². The van der Waals surface area contributed by atoms with E-state index in [0.717, 1.165) is 6.61 Å². The molecular weight excluding hydrogens is 316 g/mol. The second kappa shape index (κ2) is 7.71. The molecule has 26 heavy (non-hydrogen) atoms. The van der Waals surface area contributed by atoms with E-state index in [-0.39, 0.29) is 0 Å². The number of allylic oxidation sites excluding steroid dienone is 2. The first kappa shape index (κ1) is 16.2. The standard InChI is InChI=1S/C20H14.C5H6O/c1-3-11-17-15(7-1)9-5-13-19(17)20-14-6-10-16-8-2-4-12-18(16)20;1-2-4-6-5-3-1/h1-14H;1-4H,5H2. The molecule has 0 aromatic heterocycles. The van der Waals surface area contributed by atoms with E-state index in [0.29, 0.717) is 0 Å². The minimum absolute atomic E-state index is 0.733. The van der Waals surface area contributed by atoms with Gasteiger partial charge in [0.15, 0.2) is 0 Å². The molecule has 1 aliphatic rings. The molecule has 0 radical (unpaired) electrons. The molecule has 4 aromatic carbocycles. The zero-order chi connectivity index (χ0) is 17.6. The minimum Gasteiger partial charge on any atom is -0.497 e. The monoisotopic (exact) mass is 336 g/mol. The van der Waals surface area contributed by atoms with Crippen molar-refractivity contribution in [1.29, 1.82) is 0 Å². The van der Waals surface area contributed by atoms with Gasteiger partial charge in [-0.15, -0.1) is 0 Å². The molecular formula is C25H20O. The van der Waals surface area contributed by atoms with Gasteiger partial charge in [0, 0.05) is 0 Å². The van der Waals surface area contributed by atoms with Gasteiger partial charge < -0.3 is 4.74 Å². The van der Waals surface area contributed by atoms with Crippen molar-refractivity contribution in [2.75, 3.05) is 6.61 Å². The van der Waals surface area contributed by atoms with Crippen molar-refractivity contribution in [3.8, 4) is 11.1 Å². The fraction of sp³-hybridized carbons (Fsp3) is 0.0400. The smallest absolute Gasteiger partial charge is 0.106 e. The molecule has 1 aliphatic heterocycles. The predicted octanol–water partition coefficient (Wildman–Crippen LogP) is 6.75. The van der Waals surface area contributed by atoms with Crippen molar-refractivity contribution in [1.82, 2.24) is 0 Å². The maximum Gasteiger partial charge on any atom is 0.106 e. The van der Waals surface area contributed by atoms with Crippen molar-refractivity contribution in [3.63, 3.8) is 0 Å². The molecule has 1 heteroatoms. The second-order valence-corrected chi connectivity index (χ2v) is 6.14. The fourth-order valence-corrected chi connectivity index (χ4v) is 3.27. The summed E-state index contributed by atoms with van der Waals surface area (Å²) < 4.78 is 4.80. The maximum atomic E-state index is 4.80. The fourth-order valence-electron chi connectivity index (χ4n) is 3.27. The van der Waals surface area contributed by atoms with Crippen LogP contribution in [0.1, 0.15) is 0 Å². The van der Waals surface area contributed by atoms with Gasteiger partial charge >= 0.3 is 0 Å². The Balaban J connectivity index is 0.000000240. The van der Waals surface area contributed by atoms with Crippen LogP contribution in [0.15, 0.2) is 109 Å². The highest BCUT2D eigenvalue weighted by atomic mass is 16.5. The van der Waals surface area contributed by atoms with Gasteiger partial charge in [-0.2, -0.15) is 0 Å². The van der Waals surface area contributed by atoms with Gasteiger partial charge in [-0.05, 0) is 44.8 Å². The molecule has 1 heterocycles. The SMILES string of the molecule is C1=CCOC=C1.c1ccc2c(-c3cccc4ccccc34)cccc2c1. The van der Waals surface area contributed by atoms with Gasteiger partial charge in [0.1, 0.15) is 6.61 Å². The third-order valence-corrected chi connectivity index (χ3v) is 4.48. The molecule has 126 valence electrons. The zero-order valence-electron chi connectivity index (χ0n) is 14.5. The van der Waals surface area contributed by atoms with Crippen LogP contribution in [0.3, 0.4) is 0 Å². The van der Waals surface area contributed by atoms with Crippen LogP contribution >= 0.6 is 0 Å². The Kier molecular flexibility index (Phi) is 4.79. The summed E-state index contributed by atoms with van der Waals surface area (Å²) in [7, 11) is 0. The molecule has 0 fully saturated rings. The molecule has 5 rings (SSSR count). The molecule has 0 spiro atoms. The third-order valence-electron chi connectivity index (χ3n) is 4.48. The maximum absolute atomic E-state index is 4.80. The van der Waals surface area contributed by atoms with E-state index in [9.17, 15) is 0 Å². The van der Waals surface area contributed by atoms with Gasteiger partial charge in [0.25, 0.3) is 0 Å². The summed E-state index contributed by atoms with van der Waals surface area (Å²) in [5, 5.41) is 5.20. The van der Waals surface area contributed by atoms with Gasteiger partial charge in [-0.3, -0.25) is 0 Å². The third kappa shape index (κ3) is 3.38. The van der Waals surface area contributed by atoms with Crippen molar-refractivity contribution >= 4 is 21.5 Å². The summed E-state index contributed by atoms with van der Waals surface area (Å²) in [5.41, 5.74) is 2.61. The van der Waals surface area contributed by atoms with Crippen LogP contribution in [-0.4, -0.2) is 6.61 Å². The molecule has 0 atom stereocenters. The first-order valence-corrected chi connectivity index (χ1v) is 8.83. The van der Waals surface area contributed by atoms with E-state index in [2.05, 4.69) is 84.9 Å². The highest BCUT2D eigenvalue weighted by molar-refractivity contribution is 6.05. The van der Waals surface area contributed by atoms with Crippen LogP contribution in [0.5, 0.6) is 0 Å². The van der Waals surface area contributed by atoms with E-state index in [1.54, 1.807) is 6.26 Å². The molecule has 0 saturated carbocycles. The Bertz CT molecular complexity index is 989. The summed E-state index contributed by atoms with van der Waals surface area (Å²) in [6.45, 7) is 0.733. The molecule has 0 amide bonds. The van der Waals surface area contributed by atoms with Crippen LogP contribution in [-0.2, 0) is 4.74 Å². The molecule has 4 aromatic rings. The van der Waals surface area contributed by atoms with Crippen LogP contribution in [0.25, 0.3) is 32.7 Å². The number of ether oxygens (including phenoxy) is 1. The lowest BCUT2D eigenvalue weighted by atomic mass is 9.94. The number of hydrogen-bond donors (Lipinski definition) is 0. The van der Waals surface area contributed by atoms with Crippen LogP contribution < -0.4 is 0 Å². The van der Waals surface area contributed by atoms with E-state index in [4.69, 9.17) is 4.74 Å². The predicted molar refractivity (Wildman–Crippen MR) is 111 cm³/mol. The Morgan fingerprint density at radius 3 is 1.50 bits per heavy atom. The Hall–Kier alpha value is -3.32. The van der Waals surface area contributed by atoms with E-state index >= 15 is 0 Å². The number of benzene rings is 4. The molecule has 0 unspecified atom stereocenters. The highest BCUT2D eigenvalue weighted by Crippen LogP contribution is 2.33. The van der Waals surface area contributed by atoms with E-state index in [1.807, 2.05) is 18.2 Å². The van der Waals surface area contributed by atoms with Gasteiger partial charge in [-0.1, -0.05) is 91.0 Å². The summed E-state index contributed by atoms with van der Waals surface area (Å²) >= 11 is 0. The molecule has 0 N–H and O–H groups in total. The van der Waals surface area contributed by atoms with Gasteiger partial charge in [-0.25, -0.2) is 0 Å². The quantitative estimate of drug-likeness (QED) is 0.374. The van der Waals surface area contributed by atoms with Crippen molar-refractivity contribution < 1.29 is 4.74 Å². The molecule has 1 nitrogen and oxygen atoms in total. The number of rotatable bonds is 1. The summed E-state index contributed by atoms with van der Waals surface area (Å²) in [6.07, 6.45) is 7.47. The molecule has 0 saturated heterocycles. The summed E-state index contributed by atoms with van der Waals surface area (Å²) in [5.74, 6) is 0. The lowest BCUT2D eigenvalue weighted by Crippen LogP contribution is -1.83. The van der Waals surface area contributed by atoms with E-state index < -0.39 is 0 Å². The van der Waals surface area contributed by atoms with Crippen LogP contribution in [0.2, 0.25) is 0 Å². The Labute approximate surface area is 153 Å². The first-order valence-electron chi connectivity index (χ1n) is 8.83. The van der Waals surface area contributed by atoms with E-state index in [1.165, 1.54) is 32.7 Å². The molecule has 0 bridgehead atoms. The van der Waals surface area contributed by atoms with Gasteiger partial charge in [0.2, 0.25) is 0 Å².